The van der Waals surface area contributed by atoms with E-state index in [4.69, 9.17) is 0 Å². The van der Waals surface area contributed by atoms with Crippen molar-refractivity contribution >= 4 is 34.1 Å². The number of hydrogen-bond donors (Lipinski definition) is 2. The molecule has 2 rings (SSSR count). The lowest BCUT2D eigenvalue weighted by Gasteiger charge is -2.30. The summed E-state index contributed by atoms with van der Waals surface area (Å²) >= 11 is 2.95. The minimum absolute atomic E-state index is 0.106. The Balaban J connectivity index is 1.85. The van der Waals surface area contributed by atoms with Gasteiger partial charge < -0.3 is 10.6 Å². The summed E-state index contributed by atoms with van der Waals surface area (Å²) in [7, 11) is 1.82. The summed E-state index contributed by atoms with van der Waals surface area (Å²) in [6.07, 6.45) is 4.83. The third kappa shape index (κ3) is 4.09. The number of hydrogen-bond acceptors (Lipinski definition) is 6. The maximum atomic E-state index is 12.2. The highest BCUT2D eigenvalue weighted by atomic mass is 32.2. The number of aromatic nitrogens is 2. The molecule has 20 heavy (non-hydrogen) atoms. The number of anilines is 1. The maximum Gasteiger partial charge on any atom is 0.233 e. The van der Waals surface area contributed by atoms with Crippen molar-refractivity contribution in [2.45, 2.75) is 55.2 Å². The molecular weight excluding hydrogens is 292 g/mol. The lowest BCUT2D eigenvalue weighted by atomic mass is 9.86. The van der Waals surface area contributed by atoms with Crippen LogP contribution in [0.2, 0.25) is 0 Å². The molecule has 7 heteroatoms. The topological polar surface area (TPSA) is 66.9 Å². The molecule has 0 bridgehead atoms. The van der Waals surface area contributed by atoms with Crippen LogP contribution in [0.15, 0.2) is 4.34 Å². The van der Waals surface area contributed by atoms with E-state index < -0.39 is 0 Å². The van der Waals surface area contributed by atoms with Crippen molar-refractivity contribution in [1.82, 2.24) is 15.5 Å². The Labute approximate surface area is 128 Å². The summed E-state index contributed by atoms with van der Waals surface area (Å²) < 4.78 is 0.827. The lowest BCUT2D eigenvalue weighted by molar-refractivity contribution is -0.121. The molecule has 1 aromatic rings. The van der Waals surface area contributed by atoms with E-state index in [-0.39, 0.29) is 11.2 Å². The zero-order valence-corrected chi connectivity index (χ0v) is 13.8. The van der Waals surface area contributed by atoms with Gasteiger partial charge in [0.25, 0.3) is 0 Å². The fourth-order valence-corrected chi connectivity index (χ4v) is 4.25. The van der Waals surface area contributed by atoms with Gasteiger partial charge in [0.2, 0.25) is 11.0 Å². The average Bonchev–Trinajstić information content (AvgIpc) is 2.89. The van der Waals surface area contributed by atoms with Crippen molar-refractivity contribution in [1.29, 1.82) is 0 Å². The Morgan fingerprint density at radius 3 is 2.80 bits per heavy atom. The van der Waals surface area contributed by atoms with Gasteiger partial charge in [-0.15, -0.1) is 10.2 Å². The summed E-state index contributed by atoms with van der Waals surface area (Å²) in [5, 5.41) is 14.8. The third-order valence-corrected chi connectivity index (χ3v) is 5.83. The van der Waals surface area contributed by atoms with Crippen molar-refractivity contribution in [3.63, 3.8) is 0 Å². The first-order valence-corrected chi connectivity index (χ1v) is 8.78. The van der Waals surface area contributed by atoms with Crippen LogP contribution in [0.25, 0.3) is 0 Å². The van der Waals surface area contributed by atoms with Crippen molar-refractivity contribution in [3.05, 3.63) is 0 Å². The molecule has 112 valence electrons. The molecule has 0 saturated heterocycles. The van der Waals surface area contributed by atoms with Gasteiger partial charge in [0.05, 0.1) is 5.25 Å². The molecule has 1 aliphatic carbocycles. The van der Waals surface area contributed by atoms with E-state index in [9.17, 15) is 4.79 Å². The van der Waals surface area contributed by atoms with E-state index in [1.807, 2.05) is 14.0 Å². The fraction of sp³-hybridized carbons (Fsp3) is 0.769. The molecule has 1 aliphatic rings. The Bertz CT molecular complexity index is 451. The Kier molecular flexibility index (Phi) is 5.65. The van der Waals surface area contributed by atoms with Crippen LogP contribution in [0.3, 0.4) is 0 Å². The van der Waals surface area contributed by atoms with Crippen molar-refractivity contribution in [3.8, 4) is 0 Å². The number of amides is 1. The van der Waals surface area contributed by atoms with Gasteiger partial charge in [-0.2, -0.15) is 0 Å². The number of rotatable bonds is 5. The minimum atomic E-state index is -0.137. The van der Waals surface area contributed by atoms with E-state index in [1.165, 1.54) is 42.4 Å². The first kappa shape index (κ1) is 15.6. The highest BCUT2D eigenvalue weighted by Crippen LogP contribution is 2.29. The maximum absolute atomic E-state index is 12.2. The molecule has 0 spiro atoms. The molecule has 1 amide bonds. The van der Waals surface area contributed by atoms with Gasteiger partial charge in [0.1, 0.15) is 0 Å². The molecular formula is C13H22N4OS2. The fourth-order valence-electron chi connectivity index (χ4n) is 2.39. The van der Waals surface area contributed by atoms with E-state index in [1.54, 1.807) is 0 Å². The Morgan fingerprint density at radius 2 is 2.15 bits per heavy atom. The van der Waals surface area contributed by atoms with E-state index in [0.29, 0.717) is 12.0 Å². The standard InChI is InChI=1S/C13H22N4OS2/c1-8-6-4-5-7-10(8)15-11(18)9(2)19-13-17-16-12(14-3)20-13/h8-10H,4-7H2,1-3H3,(H,14,16)(H,15,18)/t8-,9+,10+/m0/s1. The molecule has 1 fully saturated rings. The predicted octanol–water partition coefficient (Wildman–Crippen LogP) is 2.76. The Morgan fingerprint density at radius 1 is 1.40 bits per heavy atom. The number of carbonyl (C=O) groups is 1. The van der Waals surface area contributed by atoms with Crippen LogP contribution in [-0.2, 0) is 4.79 Å². The van der Waals surface area contributed by atoms with Gasteiger partial charge in [-0.1, -0.05) is 42.9 Å². The highest BCUT2D eigenvalue weighted by molar-refractivity contribution is 8.02. The number of carbonyl (C=O) groups excluding carboxylic acids is 1. The van der Waals surface area contributed by atoms with Crippen molar-refractivity contribution in [2.75, 3.05) is 12.4 Å². The van der Waals surface area contributed by atoms with Crippen LogP contribution in [0.5, 0.6) is 0 Å². The first-order chi connectivity index (χ1) is 9.60. The summed E-state index contributed by atoms with van der Waals surface area (Å²) in [6.45, 7) is 4.15. The molecule has 3 atom stereocenters. The average molecular weight is 314 g/mol. The second kappa shape index (κ2) is 7.26. The molecule has 2 N–H and O–H groups in total. The van der Waals surface area contributed by atoms with Crippen LogP contribution < -0.4 is 10.6 Å². The van der Waals surface area contributed by atoms with Crippen LogP contribution in [-0.4, -0.2) is 34.4 Å². The van der Waals surface area contributed by atoms with Crippen LogP contribution in [0.4, 0.5) is 5.13 Å². The van der Waals surface area contributed by atoms with E-state index in [0.717, 1.165) is 15.9 Å². The smallest absolute Gasteiger partial charge is 0.233 e. The van der Waals surface area contributed by atoms with E-state index in [2.05, 4.69) is 27.8 Å². The molecule has 0 aliphatic heterocycles. The Hall–Kier alpha value is -0.820. The quantitative estimate of drug-likeness (QED) is 0.818. The number of thioether (sulfide) groups is 1. The first-order valence-electron chi connectivity index (χ1n) is 7.08. The summed E-state index contributed by atoms with van der Waals surface area (Å²) in [6, 6.07) is 0.335. The second-order valence-corrected chi connectivity index (χ2v) is 7.83. The zero-order valence-electron chi connectivity index (χ0n) is 12.2. The zero-order chi connectivity index (χ0) is 14.5. The van der Waals surface area contributed by atoms with Gasteiger partial charge in [0, 0.05) is 13.1 Å². The summed E-state index contributed by atoms with van der Waals surface area (Å²) in [5.74, 6) is 0.692. The summed E-state index contributed by atoms with van der Waals surface area (Å²) in [4.78, 5) is 12.2. The minimum Gasteiger partial charge on any atom is -0.363 e. The predicted molar refractivity (Wildman–Crippen MR) is 84.3 cm³/mol. The van der Waals surface area contributed by atoms with Gasteiger partial charge in [0.15, 0.2) is 4.34 Å². The van der Waals surface area contributed by atoms with Gasteiger partial charge in [-0.05, 0) is 25.7 Å². The number of nitrogens with zero attached hydrogens (tertiary/aromatic N) is 2. The number of nitrogens with one attached hydrogen (secondary N) is 2. The lowest BCUT2D eigenvalue weighted by Crippen LogP contribution is -2.44. The third-order valence-electron chi connectivity index (χ3n) is 3.71. The van der Waals surface area contributed by atoms with Crippen LogP contribution in [0.1, 0.15) is 39.5 Å². The van der Waals surface area contributed by atoms with Gasteiger partial charge in [-0.3, -0.25) is 4.79 Å². The molecule has 0 radical (unpaired) electrons. The monoisotopic (exact) mass is 314 g/mol. The van der Waals surface area contributed by atoms with Gasteiger partial charge in [-0.25, -0.2) is 0 Å². The van der Waals surface area contributed by atoms with Gasteiger partial charge >= 0.3 is 0 Å². The molecule has 0 aromatic carbocycles. The summed E-state index contributed by atoms with van der Waals surface area (Å²) in [5.41, 5.74) is 0. The van der Waals surface area contributed by atoms with Crippen LogP contribution in [0, 0.1) is 5.92 Å². The van der Waals surface area contributed by atoms with E-state index >= 15 is 0 Å². The molecule has 1 saturated carbocycles. The molecule has 0 unspecified atom stereocenters. The SMILES string of the molecule is CNc1nnc(S[C@H](C)C(=O)N[C@@H]2CCCC[C@@H]2C)s1. The molecule has 1 aromatic heterocycles. The molecule has 5 nitrogen and oxygen atoms in total. The van der Waals surface area contributed by atoms with Crippen LogP contribution >= 0.6 is 23.1 Å². The molecule has 1 heterocycles. The van der Waals surface area contributed by atoms with Crippen molar-refractivity contribution in [2.24, 2.45) is 5.92 Å². The van der Waals surface area contributed by atoms with Crippen molar-refractivity contribution < 1.29 is 4.79 Å². The normalized spacial score (nSPS) is 24.1. The highest BCUT2D eigenvalue weighted by Gasteiger charge is 2.25. The second-order valence-electron chi connectivity index (χ2n) is 5.26. The largest absolute Gasteiger partial charge is 0.363 e.